The molecule has 0 spiro atoms. The SMILES string of the molecule is NS(=O)(=O)c1ccccc1-c1nn(Cc2ccccc2)cc1-c1ccccc1. The predicted octanol–water partition coefficient (Wildman–Crippen LogP) is 3.91. The molecule has 6 heteroatoms. The van der Waals surface area contributed by atoms with E-state index in [4.69, 9.17) is 10.2 Å². The molecule has 1 aromatic heterocycles. The van der Waals surface area contributed by atoms with E-state index >= 15 is 0 Å². The zero-order valence-corrected chi connectivity index (χ0v) is 15.9. The Balaban J connectivity index is 1.89. The zero-order valence-electron chi connectivity index (χ0n) is 15.1. The van der Waals surface area contributed by atoms with Gasteiger partial charge in [-0.1, -0.05) is 78.9 Å². The molecule has 0 amide bonds. The first-order chi connectivity index (χ1) is 13.5. The van der Waals surface area contributed by atoms with Crippen molar-refractivity contribution in [3.05, 3.63) is 96.7 Å². The number of aromatic nitrogens is 2. The van der Waals surface area contributed by atoms with Crippen LogP contribution >= 0.6 is 0 Å². The molecule has 0 bridgehead atoms. The summed E-state index contributed by atoms with van der Waals surface area (Å²) in [6.45, 7) is 0.582. The van der Waals surface area contributed by atoms with Gasteiger partial charge in [-0.25, -0.2) is 13.6 Å². The number of primary sulfonamides is 1. The van der Waals surface area contributed by atoms with Gasteiger partial charge in [0.15, 0.2) is 0 Å². The van der Waals surface area contributed by atoms with Crippen LogP contribution in [0.25, 0.3) is 22.4 Å². The number of rotatable bonds is 5. The zero-order chi connectivity index (χ0) is 19.6. The summed E-state index contributed by atoms with van der Waals surface area (Å²) in [5, 5.41) is 10.2. The molecule has 140 valence electrons. The summed E-state index contributed by atoms with van der Waals surface area (Å²) in [6, 6.07) is 26.5. The van der Waals surface area contributed by atoms with E-state index in [2.05, 4.69) is 0 Å². The molecule has 4 rings (SSSR count). The highest BCUT2D eigenvalue weighted by atomic mass is 32.2. The van der Waals surface area contributed by atoms with Crippen molar-refractivity contribution in [1.29, 1.82) is 0 Å². The largest absolute Gasteiger partial charge is 0.267 e. The van der Waals surface area contributed by atoms with Crippen LogP contribution in [-0.2, 0) is 16.6 Å². The van der Waals surface area contributed by atoms with Crippen molar-refractivity contribution in [2.45, 2.75) is 11.4 Å². The normalized spacial score (nSPS) is 11.5. The molecule has 0 unspecified atom stereocenters. The molecule has 0 radical (unpaired) electrons. The predicted molar refractivity (Wildman–Crippen MR) is 110 cm³/mol. The lowest BCUT2D eigenvalue weighted by molar-refractivity contribution is 0.598. The summed E-state index contributed by atoms with van der Waals surface area (Å²) in [5.74, 6) is 0. The molecule has 0 saturated heterocycles. The molecule has 4 aromatic rings. The maximum atomic E-state index is 12.1. The van der Waals surface area contributed by atoms with Gasteiger partial charge >= 0.3 is 0 Å². The summed E-state index contributed by atoms with van der Waals surface area (Å²) in [4.78, 5) is 0.0668. The third kappa shape index (κ3) is 3.74. The lowest BCUT2D eigenvalue weighted by Gasteiger charge is -2.07. The van der Waals surface area contributed by atoms with Crippen LogP contribution in [0.4, 0.5) is 0 Å². The van der Waals surface area contributed by atoms with E-state index in [0.717, 1.165) is 16.7 Å². The molecule has 2 N–H and O–H groups in total. The number of hydrogen-bond acceptors (Lipinski definition) is 3. The first kappa shape index (κ1) is 18.2. The highest BCUT2D eigenvalue weighted by molar-refractivity contribution is 7.89. The summed E-state index contributed by atoms with van der Waals surface area (Å²) in [6.07, 6.45) is 1.94. The van der Waals surface area contributed by atoms with Gasteiger partial charge in [-0.05, 0) is 17.2 Å². The summed E-state index contributed by atoms with van der Waals surface area (Å²) >= 11 is 0. The fourth-order valence-corrected chi connectivity index (χ4v) is 3.95. The van der Waals surface area contributed by atoms with Crippen molar-refractivity contribution in [2.24, 2.45) is 5.14 Å². The monoisotopic (exact) mass is 389 g/mol. The topological polar surface area (TPSA) is 78.0 Å². The van der Waals surface area contributed by atoms with Crippen LogP contribution in [0.1, 0.15) is 5.56 Å². The van der Waals surface area contributed by atoms with Crippen LogP contribution in [0.5, 0.6) is 0 Å². The van der Waals surface area contributed by atoms with Gasteiger partial charge in [0.2, 0.25) is 10.0 Å². The molecule has 0 aliphatic rings. The van der Waals surface area contributed by atoms with Gasteiger partial charge in [0.05, 0.1) is 11.4 Å². The second-order valence-electron chi connectivity index (χ2n) is 6.48. The minimum Gasteiger partial charge on any atom is -0.267 e. The number of hydrogen-bond donors (Lipinski definition) is 1. The minimum absolute atomic E-state index is 0.0668. The first-order valence-corrected chi connectivity index (χ1v) is 10.4. The maximum Gasteiger partial charge on any atom is 0.238 e. The summed E-state index contributed by atoms with van der Waals surface area (Å²) in [7, 11) is -3.88. The van der Waals surface area contributed by atoms with Crippen molar-refractivity contribution < 1.29 is 8.42 Å². The van der Waals surface area contributed by atoms with Crippen LogP contribution in [0.2, 0.25) is 0 Å². The van der Waals surface area contributed by atoms with Crippen molar-refractivity contribution in [3.8, 4) is 22.4 Å². The average molecular weight is 389 g/mol. The van der Waals surface area contributed by atoms with Gasteiger partial charge in [0.1, 0.15) is 5.69 Å². The molecular formula is C22H19N3O2S. The number of nitrogens with zero attached hydrogens (tertiary/aromatic N) is 2. The van der Waals surface area contributed by atoms with Gasteiger partial charge in [-0.15, -0.1) is 0 Å². The second kappa shape index (κ2) is 7.42. The minimum atomic E-state index is -3.88. The molecule has 3 aromatic carbocycles. The standard InChI is InChI=1S/C22H19N3O2S/c23-28(26,27)21-14-8-7-13-19(21)22-20(18-11-5-2-6-12-18)16-25(24-22)15-17-9-3-1-4-10-17/h1-14,16H,15H2,(H2,23,26,27). The number of sulfonamides is 1. The van der Waals surface area contributed by atoms with Crippen LogP contribution < -0.4 is 5.14 Å². The van der Waals surface area contributed by atoms with Gasteiger partial charge in [0.25, 0.3) is 0 Å². The molecule has 0 aliphatic carbocycles. The third-order valence-corrected chi connectivity index (χ3v) is 5.45. The van der Waals surface area contributed by atoms with Crippen molar-refractivity contribution in [2.75, 3.05) is 0 Å². The van der Waals surface area contributed by atoms with Crippen LogP contribution in [-0.4, -0.2) is 18.2 Å². The fourth-order valence-electron chi connectivity index (χ4n) is 3.21. The Labute approximate surface area is 164 Å². The van der Waals surface area contributed by atoms with Gasteiger partial charge < -0.3 is 0 Å². The van der Waals surface area contributed by atoms with Gasteiger partial charge in [-0.2, -0.15) is 5.10 Å². The van der Waals surface area contributed by atoms with Crippen LogP contribution in [0, 0.1) is 0 Å². The smallest absolute Gasteiger partial charge is 0.238 e. The van der Waals surface area contributed by atoms with Crippen molar-refractivity contribution in [3.63, 3.8) is 0 Å². The molecule has 5 nitrogen and oxygen atoms in total. The van der Waals surface area contributed by atoms with E-state index < -0.39 is 10.0 Å². The maximum absolute atomic E-state index is 12.1. The highest BCUT2D eigenvalue weighted by Gasteiger charge is 2.20. The Bertz CT molecular complexity index is 1200. The lowest BCUT2D eigenvalue weighted by Crippen LogP contribution is -2.13. The van der Waals surface area contributed by atoms with Crippen LogP contribution in [0.3, 0.4) is 0 Å². The van der Waals surface area contributed by atoms with E-state index in [-0.39, 0.29) is 4.90 Å². The average Bonchev–Trinajstić information content (AvgIpc) is 3.12. The van der Waals surface area contributed by atoms with E-state index in [9.17, 15) is 8.42 Å². The Hall–Kier alpha value is -3.22. The first-order valence-electron chi connectivity index (χ1n) is 8.81. The molecule has 0 aliphatic heterocycles. The Morgan fingerprint density at radius 3 is 2.07 bits per heavy atom. The molecule has 0 fully saturated rings. The van der Waals surface area contributed by atoms with Crippen LogP contribution in [0.15, 0.2) is 96.0 Å². The summed E-state index contributed by atoms with van der Waals surface area (Å²) < 4.78 is 26.1. The van der Waals surface area contributed by atoms with E-state index in [1.54, 1.807) is 18.2 Å². The summed E-state index contributed by atoms with van der Waals surface area (Å²) in [5.41, 5.74) is 4.01. The molecule has 1 heterocycles. The molecule has 28 heavy (non-hydrogen) atoms. The molecule has 0 saturated carbocycles. The number of benzene rings is 3. The quantitative estimate of drug-likeness (QED) is 0.562. The van der Waals surface area contributed by atoms with Crippen molar-refractivity contribution >= 4 is 10.0 Å². The van der Waals surface area contributed by atoms with E-state index in [1.807, 2.05) is 71.5 Å². The highest BCUT2D eigenvalue weighted by Crippen LogP contribution is 2.34. The fraction of sp³-hybridized carbons (Fsp3) is 0.0455. The Morgan fingerprint density at radius 2 is 1.39 bits per heavy atom. The Morgan fingerprint density at radius 1 is 0.786 bits per heavy atom. The van der Waals surface area contributed by atoms with Gasteiger partial charge in [-0.3, -0.25) is 4.68 Å². The Kier molecular flexibility index (Phi) is 4.81. The lowest BCUT2D eigenvalue weighted by atomic mass is 10.0. The van der Waals surface area contributed by atoms with E-state index in [1.165, 1.54) is 6.07 Å². The molecule has 0 atom stereocenters. The van der Waals surface area contributed by atoms with Crippen molar-refractivity contribution in [1.82, 2.24) is 9.78 Å². The molecular weight excluding hydrogens is 370 g/mol. The van der Waals surface area contributed by atoms with Gasteiger partial charge in [0, 0.05) is 17.3 Å². The second-order valence-corrected chi connectivity index (χ2v) is 8.01. The van der Waals surface area contributed by atoms with E-state index in [0.29, 0.717) is 17.8 Å². The number of nitrogens with two attached hydrogens (primary N) is 1. The third-order valence-electron chi connectivity index (χ3n) is 4.48.